The number of halogens is 1. The molecule has 8 nitrogen and oxygen atoms in total. The Kier molecular flexibility index (Phi) is 7.19. The molecule has 2 amide bonds. The first-order valence-electron chi connectivity index (χ1n) is 10.5. The van der Waals surface area contributed by atoms with Crippen LogP contribution in [0.2, 0.25) is 0 Å². The Morgan fingerprint density at radius 1 is 1.28 bits per heavy atom. The molecule has 3 rings (SSSR count). The molecule has 10 heteroatoms. The van der Waals surface area contributed by atoms with Crippen molar-refractivity contribution in [1.29, 1.82) is 5.26 Å². The molecule has 1 heterocycles. The van der Waals surface area contributed by atoms with Gasteiger partial charge in [-0.15, -0.1) is 0 Å². The first-order valence-corrected chi connectivity index (χ1v) is 12.6. The maximum atomic E-state index is 13.5. The summed E-state index contributed by atoms with van der Waals surface area (Å²) in [6.45, 7) is 0. The zero-order chi connectivity index (χ0) is 23.5. The number of carbonyl (C=O) groups is 2. The van der Waals surface area contributed by atoms with Gasteiger partial charge in [-0.3, -0.25) is 9.59 Å². The van der Waals surface area contributed by atoms with E-state index in [0.29, 0.717) is 23.9 Å². The van der Waals surface area contributed by atoms with E-state index in [-0.39, 0.29) is 29.8 Å². The lowest BCUT2D eigenvalue weighted by molar-refractivity contribution is -0.127. The van der Waals surface area contributed by atoms with Crippen LogP contribution in [0.15, 0.2) is 24.3 Å². The van der Waals surface area contributed by atoms with Crippen molar-refractivity contribution >= 4 is 32.6 Å². The SMILES string of the molecule is Cn1c(C(=O)NC2CCCCC2C(=O)NC(C#N)CCS(C)(=O)=O)cc2cc(F)ccc21. The predicted octanol–water partition coefficient (Wildman–Crippen LogP) is 2.05. The third kappa shape index (κ3) is 5.65. The summed E-state index contributed by atoms with van der Waals surface area (Å²) < 4.78 is 37.9. The van der Waals surface area contributed by atoms with E-state index in [2.05, 4.69) is 10.6 Å². The van der Waals surface area contributed by atoms with Crippen molar-refractivity contribution in [3.8, 4) is 6.07 Å². The van der Waals surface area contributed by atoms with E-state index < -0.39 is 27.8 Å². The highest BCUT2D eigenvalue weighted by molar-refractivity contribution is 7.90. The molecule has 1 aliphatic carbocycles. The van der Waals surface area contributed by atoms with Gasteiger partial charge in [0.15, 0.2) is 0 Å². The van der Waals surface area contributed by atoms with Crippen molar-refractivity contribution in [3.05, 3.63) is 35.8 Å². The molecule has 0 spiro atoms. The molecule has 0 saturated heterocycles. The van der Waals surface area contributed by atoms with Crippen molar-refractivity contribution in [2.45, 2.75) is 44.2 Å². The third-order valence-electron chi connectivity index (χ3n) is 5.91. The van der Waals surface area contributed by atoms with Gasteiger partial charge < -0.3 is 15.2 Å². The molecule has 0 aliphatic heterocycles. The van der Waals surface area contributed by atoms with Crippen molar-refractivity contribution in [2.24, 2.45) is 13.0 Å². The first kappa shape index (κ1) is 23.7. The van der Waals surface area contributed by atoms with Crippen LogP contribution in [0.4, 0.5) is 4.39 Å². The Bertz CT molecular complexity index is 1170. The zero-order valence-corrected chi connectivity index (χ0v) is 18.9. The first-order chi connectivity index (χ1) is 15.1. The number of hydrogen-bond donors (Lipinski definition) is 2. The summed E-state index contributed by atoms with van der Waals surface area (Å²) in [5.74, 6) is -1.83. The van der Waals surface area contributed by atoms with Crippen LogP contribution >= 0.6 is 0 Å². The molecule has 1 fully saturated rings. The van der Waals surface area contributed by atoms with Gasteiger partial charge >= 0.3 is 0 Å². The molecule has 1 aliphatic rings. The van der Waals surface area contributed by atoms with Gasteiger partial charge in [-0.25, -0.2) is 12.8 Å². The van der Waals surface area contributed by atoms with Crippen molar-refractivity contribution in [3.63, 3.8) is 0 Å². The maximum Gasteiger partial charge on any atom is 0.268 e. The lowest BCUT2D eigenvalue weighted by Gasteiger charge is -2.31. The quantitative estimate of drug-likeness (QED) is 0.652. The fourth-order valence-electron chi connectivity index (χ4n) is 4.18. The fourth-order valence-corrected chi connectivity index (χ4v) is 4.84. The van der Waals surface area contributed by atoms with Crippen LogP contribution in [0.5, 0.6) is 0 Å². The molecule has 172 valence electrons. The predicted molar refractivity (Wildman–Crippen MR) is 118 cm³/mol. The molecule has 2 aromatic rings. The topological polar surface area (TPSA) is 121 Å². The Balaban J connectivity index is 1.71. The van der Waals surface area contributed by atoms with Crippen molar-refractivity contribution < 1.29 is 22.4 Å². The van der Waals surface area contributed by atoms with Gasteiger partial charge in [0.1, 0.15) is 27.4 Å². The number of nitrogens with one attached hydrogen (secondary N) is 2. The number of hydrogen-bond acceptors (Lipinski definition) is 5. The van der Waals surface area contributed by atoms with Crippen LogP contribution in [-0.4, -0.2) is 48.9 Å². The fraction of sp³-hybridized carbons (Fsp3) is 0.500. The van der Waals surface area contributed by atoms with Gasteiger partial charge in [-0.1, -0.05) is 12.8 Å². The molecular weight excluding hydrogens is 435 g/mol. The molecule has 32 heavy (non-hydrogen) atoms. The summed E-state index contributed by atoms with van der Waals surface area (Å²) in [6, 6.07) is 6.52. The van der Waals surface area contributed by atoms with E-state index in [1.807, 2.05) is 6.07 Å². The highest BCUT2D eigenvalue weighted by Gasteiger charge is 2.33. The zero-order valence-electron chi connectivity index (χ0n) is 18.1. The number of aromatic nitrogens is 1. The second-order valence-electron chi connectivity index (χ2n) is 8.37. The van der Waals surface area contributed by atoms with Crippen molar-refractivity contribution in [2.75, 3.05) is 12.0 Å². The lowest BCUT2D eigenvalue weighted by Crippen LogP contribution is -2.50. The second-order valence-corrected chi connectivity index (χ2v) is 10.6. The monoisotopic (exact) mass is 462 g/mol. The number of carbonyl (C=O) groups excluding carboxylic acids is 2. The van der Waals surface area contributed by atoms with Crippen LogP contribution in [0, 0.1) is 23.1 Å². The average Bonchev–Trinajstić information content (AvgIpc) is 3.06. The van der Waals surface area contributed by atoms with E-state index in [9.17, 15) is 27.7 Å². The largest absolute Gasteiger partial charge is 0.347 e. The number of rotatable bonds is 7. The molecule has 0 bridgehead atoms. The van der Waals surface area contributed by atoms with E-state index in [1.165, 1.54) is 12.1 Å². The summed E-state index contributed by atoms with van der Waals surface area (Å²) in [5, 5.41) is 15.5. The molecule has 3 atom stereocenters. The molecular formula is C22H27FN4O4S. The maximum absolute atomic E-state index is 13.5. The molecule has 3 unspecified atom stereocenters. The summed E-state index contributed by atoms with van der Waals surface area (Å²) in [5.41, 5.74) is 1.08. The smallest absolute Gasteiger partial charge is 0.268 e. The van der Waals surface area contributed by atoms with Crippen LogP contribution in [0.1, 0.15) is 42.6 Å². The number of amides is 2. The number of fused-ring (bicyclic) bond motifs is 1. The number of nitriles is 1. The molecule has 1 aromatic carbocycles. The summed E-state index contributed by atoms with van der Waals surface area (Å²) in [6.07, 6.45) is 3.93. The Morgan fingerprint density at radius 3 is 2.69 bits per heavy atom. The van der Waals surface area contributed by atoms with E-state index in [1.54, 1.807) is 23.7 Å². The Morgan fingerprint density at radius 2 is 2.00 bits per heavy atom. The minimum absolute atomic E-state index is 0.0112. The second kappa shape index (κ2) is 9.69. The number of benzene rings is 1. The van der Waals surface area contributed by atoms with E-state index >= 15 is 0 Å². The lowest BCUT2D eigenvalue weighted by atomic mass is 9.83. The Hall–Kier alpha value is -2.93. The van der Waals surface area contributed by atoms with Crippen LogP contribution in [0.3, 0.4) is 0 Å². The number of sulfone groups is 1. The van der Waals surface area contributed by atoms with Gasteiger partial charge in [0.05, 0.1) is 17.7 Å². The summed E-state index contributed by atoms with van der Waals surface area (Å²) >= 11 is 0. The minimum Gasteiger partial charge on any atom is -0.347 e. The average molecular weight is 463 g/mol. The van der Waals surface area contributed by atoms with Crippen LogP contribution < -0.4 is 10.6 Å². The Labute approximate surface area is 186 Å². The van der Waals surface area contributed by atoms with Crippen molar-refractivity contribution in [1.82, 2.24) is 15.2 Å². The number of aryl methyl sites for hydroxylation is 1. The highest BCUT2D eigenvalue weighted by Crippen LogP contribution is 2.26. The minimum atomic E-state index is -3.25. The highest BCUT2D eigenvalue weighted by atomic mass is 32.2. The van der Waals surface area contributed by atoms with E-state index in [0.717, 1.165) is 24.6 Å². The molecule has 1 saturated carbocycles. The normalized spacial score (nSPS) is 19.8. The van der Waals surface area contributed by atoms with Crippen LogP contribution in [0.25, 0.3) is 10.9 Å². The third-order valence-corrected chi connectivity index (χ3v) is 6.88. The molecule has 2 N–H and O–H groups in total. The summed E-state index contributed by atoms with van der Waals surface area (Å²) in [7, 11) is -1.53. The molecule has 0 radical (unpaired) electrons. The van der Waals surface area contributed by atoms with Gasteiger partial charge in [-0.05, 0) is 43.5 Å². The molecule has 1 aromatic heterocycles. The van der Waals surface area contributed by atoms with Gasteiger partial charge in [-0.2, -0.15) is 5.26 Å². The van der Waals surface area contributed by atoms with Crippen LogP contribution in [-0.2, 0) is 21.7 Å². The van der Waals surface area contributed by atoms with Gasteiger partial charge in [0.2, 0.25) is 5.91 Å². The van der Waals surface area contributed by atoms with Gasteiger partial charge in [0.25, 0.3) is 5.91 Å². The van der Waals surface area contributed by atoms with Gasteiger partial charge in [0, 0.05) is 30.2 Å². The summed E-state index contributed by atoms with van der Waals surface area (Å²) in [4.78, 5) is 25.8. The number of nitrogens with zero attached hydrogens (tertiary/aromatic N) is 2. The van der Waals surface area contributed by atoms with E-state index in [4.69, 9.17) is 0 Å². The standard InChI is InChI=1S/C22H27FN4O4S/c1-27-19-8-7-15(23)11-14(19)12-20(27)22(29)26-18-6-4-3-5-17(18)21(28)25-16(13-24)9-10-32(2,30)31/h7-8,11-12,16-18H,3-6,9-10H2,1-2H3,(H,25,28)(H,26,29).